The molecule has 6 nitrogen and oxygen atoms in total. The zero-order valence-corrected chi connectivity index (χ0v) is 19.7. The number of aryl methyl sites for hydroxylation is 1. The summed E-state index contributed by atoms with van der Waals surface area (Å²) in [7, 11) is 5.86. The van der Waals surface area contributed by atoms with Crippen LogP contribution in [0.4, 0.5) is 0 Å². The Hall–Kier alpha value is -0.320. The van der Waals surface area contributed by atoms with Gasteiger partial charge in [0.2, 0.25) is 0 Å². The molecule has 146 valence electrons. The number of hydrogen-bond donors (Lipinski definition) is 1. The minimum atomic E-state index is 0. The van der Waals surface area contributed by atoms with Crippen LogP contribution in [0.2, 0.25) is 0 Å². The second kappa shape index (κ2) is 14.8. The summed E-state index contributed by atoms with van der Waals surface area (Å²) < 4.78 is 14.2. The Bertz CT molecular complexity index is 497. The SMILES string of the molecule is CCCCOCCOCCNC(=NC)N(C)Cc1cc(Br)cn1C.I. The molecule has 0 saturated carbocycles. The van der Waals surface area contributed by atoms with Crippen molar-refractivity contribution in [3.05, 3.63) is 22.4 Å². The second-order valence-electron chi connectivity index (χ2n) is 5.67. The molecule has 0 amide bonds. The van der Waals surface area contributed by atoms with E-state index in [4.69, 9.17) is 9.47 Å². The van der Waals surface area contributed by atoms with Crippen molar-refractivity contribution in [3.8, 4) is 0 Å². The first-order valence-electron chi connectivity index (χ1n) is 8.46. The molecule has 0 aliphatic heterocycles. The Morgan fingerprint density at radius 3 is 2.52 bits per heavy atom. The Balaban J connectivity index is 0.00000576. The Kier molecular flexibility index (Phi) is 14.6. The normalized spacial score (nSPS) is 11.3. The molecule has 0 unspecified atom stereocenters. The van der Waals surface area contributed by atoms with Crippen LogP contribution in [0.5, 0.6) is 0 Å². The first kappa shape index (κ1) is 24.7. The molecule has 0 atom stereocenters. The molecule has 25 heavy (non-hydrogen) atoms. The number of nitrogens with zero attached hydrogens (tertiary/aromatic N) is 3. The van der Waals surface area contributed by atoms with Crippen molar-refractivity contribution >= 4 is 45.9 Å². The van der Waals surface area contributed by atoms with E-state index in [1.165, 1.54) is 5.69 Å². The van der Waals surface area contributed by atoms with Gasteiger partial charge in [-0.3, -0.25) is 4.99 Å². The first-order valence-corrected chi connectivity index (χ1v) is 9.25. The fraction of sp³-hybridized carbons (Fsp3) is 0.706. The topological polar surface area (TPSA) is 51.0 Å². The number of aromatic nitrogens is 1. The Morgan fingerprint density at radius 1 is 1.28 bits per heavy atom. The molecule has 0 aromatic carbocycles. The van der Waals surface area contributed by atoms with Crippen LogP contribution in [0.1, 0.15) is 25.5 Å². The fourth-order valence-electron chi connectivity index (χ4n) is 2.23. The molecular formula is C17H32BrIN4O2. The van der Waals surface area contributed by atoms with Gasteiger partial charge in [-0.1, -0.05) is 13.3 Å². The van der Waals surface area contributed by atoms with Crippen LogP contribution < -0.4 is 5.32 Å². The number of guanidine groups is 1. The van der Waals surface area contributed by atoms with Crippen molar-refractivity contribution < 1.29 is 9.47 Å². The van der Waals surface area contributed by atoms with Crippen molar-refractivity contribution in [2.45, 2.75) is 26.3 Å². The average Bonchev–Trinajstić information content (AvgIpc) is 2.86. The summed E-state index contributed by atoms with van der Waals surface area (Å²) in [6.07, 6.45) is 4.33. The highest BCUT2D eigenvalue weighted by Crippen LogP contribution is 2.14. The maximum Gasteiger partial charge on any atom is 0.193 e. The molecule has 1 N–H and O–H groups in total. The largest absolute Gasteiger partial charge is 0.379 e. The number of halogens is 2. The van der Waals surface area contributed by atoms with Gasteiger partial charge in [0.15, 0.2) is 5.96 Å². The van der Waals surface area contributed by atoms with E-state index >= 15 is 0 Å². The van der Waals surface area contributed by atoms with Gasteiger partial charge in [0.25, 0.3) is 0 Å². The van der Waals surface area contributed by atoms with Gasteiger partial charge in [0, 0.05) is 50.7 Å². The summed E-state index contributed by atoms with van der Waals surface area (Å²) >= 11 is 3.50. The molecule has 1 aromatic heterocycles. The number of nitrogens with one attached hydrogen (secondary N) is 1. The predicted octanol–water partition coefficient (Wildman–Crippen LogP) is 3.25. The van der Waals surface area contributed by atoms with Crippen LogP contribution >= 0.6 is 39.9 Å². The lowest BCUT2D eigenvalue weighted by Crippen LogP contribution is -2.40. The highest BCUT2D eigenvalue weighted by atomic mass is 127. The summed E-state index contributed by atoms with van der Waals surface area (Å²) in [5, 5.41) is 3.32. The molecule has 0 aliphatic rings. The summed E-state index contributed by atoms with van der Waals surface area (Å²) in [4.78, 5) is 6.41. The summed E-state index contributed by atoms with van der Waals surface area (Å²) in [6.45, 7) is 6.43. The standard InChI is InChI=1S/C17H31BrN4O2.HI/c1-5-6-8-23-10-11-24-9-7-20-17(19-2)22(4)14-16-12-15(18)13-21(16)3;/h12-13H,5-11,14H2,1-4H3,(H,19,20);1H. The number of unbranched alkanes of at least 4 members (excludes halogenated alkanes) is 1. The van der Waals surface area contributed by atoms with Crippen LogP contribution in [0, 0.1) is 0 Å². The van der Waals surface area contributed by atoms with Crippen molar-refractivity contribution in [1.82, 2.24) is 14.8 Å². The molecule has 1 aromatic rings. The zero-order chi connectivity index (χ0) is 17.8. The molecule has 1 rings (SSSR count). The molecule has 1 heterocycles. The van der Waals surface area contributed by atoms with Crippen molar-refractivity contribution in [1.29, 1.82) is 0 Å². The second-order valence-corrected chi connectivity index (χ2v) is 6.58. The average molecular weight is 531 g/mol. The van der Waals surface area contributed by atoms with E-state index in [-0.39, 0.29) is 24.0 Å². The Labute approximate surface area is 177 Å². The molecule has 0 radical (unpaired) electrons. The third-order valence-corrected chi connectivity index (χ3v) is 4.02. The molecule has 8 heteroatoms. The van der Waals surface area contributed by atoms with Gasteiger partial charge < -0.3 is 24.3 Å². The summed E-state index contributed by atoms with van der Waals surface area (Å²) in [5.41, 5.74) is 1.22. The molecule has 0 fully saturated rings. The lowest BCUT2D eigenvalue weighted by atomic mass is 10.4. The highest BCUT2D eigenvalue weighted by molar-refractivity contribution is 14.0. The summed E-state index contributed by atoms with van der Waals surface area (Å²) in [5.74, 6) is 0.857. The van der Waals surface area contributed by atoms with Crippen LogP contribution in [-0.2, 0) is 23.1 Å². The van der Waals surface area contributed by atoms with Gasteiger partial charge in [0.05, 0.1) is 26.4 Å². The zero-order valence-electron chi connectivity index (χ0n) is 15.8. The monoisotopic (exact) mass is 530 g/mol. The molecule has 0 spiro atoms. The minimum Gasteiger partial charge on any atom is -0.379 e. The number of hydrogen-bond acceptors (Lipinski definition) is 3. The van der Waals surface area contributed by atoms with Crippen LogP contribution in [0.25, 0.3) is 0 Å². The third kappa shape index (κ3) is 10.4. The van der Waals surface area contributed by atoms with Crippen LogP contribution in [-0.4, -0.2) is 62.5 Å². The van der Waals surface area contributed by atoms with E-state index in [0.29, 0.717) is 19.8 Å². The van der Waals surface area contributed by atoms with Crippen molar-refractivity contribution in [2.24, 2.45) is 12.0 Å². The van der Waals surface area contributed by atoms with Gasteiger partial charge in [0.1, 0.15) is 0 Å². The maximum atomic E-state index is 5.56. The first-order chi connectivity index (χ1) is 11.6. The van der Waals surface area contributed by atoms with Gasteiger partial charge in [-0.25, -0.2) is 0 Å². The van der Waals surface area contributed by atoms with E-state index in [2.05, 4.69) is 54.9 Å². The lowest BCUT2D eigenvalue weighted by Gasteiger charge is -2.22. The van der Waals surface area contributed by atoms with E-state index in [0.717, 1.165) is 43.0 Å². The minimum absolute atomic E-state index is 0. The lowest BCUT2D eigenvalue weighted by molar-refractivity contribution is 0.0486. The Morgan fingerprint density at radius 2 is 1.96 bits per heavy atom. The molecule has 0 bridgehead atoms. The smallest absolute Gasteiger partial charge is 0.193 e. The van der Waals surface area contributed by atoms with Crippen molar-refractivity contribution in [2.75, 3.05) is 47.1 Å². The molecule has 0 aliphatic carbocycles. The van der Waals surface area contributed by atoms with Crippen LogP contribution in [0.15, 0.2) is 21.7 Å². The summed E-state index contributed by atoms with van der Waals surface area (Å²) in [6, 6.07) is 2.12. The number of aliphatic imine (C=N–C) groups is 1. The molecule has 0 saturated heterocycles. The van der Waals surface area contributed by atoms with Gasteiger partial charge in [-0.2, -0.15) is 0 Å². The quantitative estimate of drug-likeness (QED) is 0.206. The molecular weight excluding hydrogens is 499 g/mol. The van der Waals surface area contributed by atoms with Gasteiger partial charge in [-0.05, 0) is 28.4 Å². The van der Waals surface area contributed by atoms with Crippen molar-refractivity contribution in [3.63, 3.8) is 0 Å². The third-order valence-electron chi connectivity index (χ3n) is 3.59. The predicted molar refractivity (Wildman–Crippen MR) is 118 cm³/mol. The van der Waals surface area contributed by atoms with E-state index in [9.17, 15) is 0 Å². The highest BCUT2D eigenvalue weighted by Gasteiger charge is 2.09. The van der Waals surface area contributed by atoms with Gasteiger partial charge in [-0.15, -0.1) is 24.0 Å². The van der Waals surface area contributed by atoms with Crippen LogP contribution in [0.3, 0.4) is 0 Å². The van der Waals surface area contributed by atoms with Gasteiger partial charge >= 0.3 is 0 Å². The maximum absolute atomic E-state index is 5.56. The van der Waals surface area contributed by atoms with E-state index in [1.54, 1.807) is 7.05 Å². The van der Waals surface area contributed by atoms with E-state index in [1.807, 2.05) is 14.1 Å². The number of ether oxygens (including phenoxy) is 2. The fourth-order valence-corrected chi connectivity index (χ4v) is 2.80. The van der Waals surface area contributed by atoms with E-state index < -0.39 is 0 Å². The number of rotatable bonds is 11.